The number of nitrogens with zero attached hydrogens (tertiary/aromatic N) is 1. The highest BCUT2D eigenvalue weighted by Gasteiger charge is 2.28. The minimum atomic E-state index is -0.207. The van der Waals surface area contributed by atoms with E-state index in [2.05, 4.69) is 18.7 Å². The lowest BCUT2D eigenvalue weighted by Gasteiger charge is -2.38. The smallest absolute Gasteiger partial charge is 0.139 e. The second kappa shape index (κ2) is 4.84. The lowest BCUT2D eigenvalue weighted by Crippen LogP contribution is -2.48. The van der Waals surface area contributed by atoms with Gasteiger partial charge in [-0.1, -0.05) is 20.8 Å². The largest absolute Gasteiger partial charge is 0.373 e. The molecule has 1 heterocycles. The van der Waals surface area contributed by atoms with Crippen LogP contribution in [0.5, 0.6) is 0 Å². The molecule has 0 aromatic carbocycles. The summed E-state index contributed by atoms with van der Waals surface area (Å²) >= 11 is 0. The molecule has 0 bridgehead atoms. The van der Waals surface area contributed by atoms with Crippen molar-refractivity contribution in [3.63, 3.8) is 0 Å². The molecular formula is C13H25NO2. The minimum absolute atomic E-state index is 0.0664. The summed E-state index contributed by atoms with van der Waals surface area (Å²) in [6.45, 7) is 13.7. The lowest BCUT2D eigenvalue weighted by atomic mass is 9.89. The van der Waals surface area contributed by atoms with Gasteiger partial charge in [0, 0.05) is 31.5 Å². The minimum Gasteiger partial charge on any atom is -0.373 e. The normalized spacial score (nSPS) is 22.1. The Kier molecular flexibility index (Phi) is 4.13. The van der Waals surface area contributed by atoms with Gasteiger partial charge in [0.05, 0.1) is 12.2 Å². The molecule has 3 nitrogen and oxygen atoms in total. The van der Waals surface area contributed by atoms with Crippen LogP contribution < -0.4 is 0 Å². The quantitative estimate of drug-likeness (QED) is 0.739. The summed E-state index contributed by atoms with van der Waals surface area (Å²) in [7, 11) is 0. The molecule has 1 aliphatic rings. The third-order valence-electron chi connectivity index (χ3n) is 3.00. The number of rotatable bonds is 3. The zero-order chi connectivity index (χ0) is 12.4. The van der Waals surface area contributed by atoms with Crippen LogP contribution in [-0.4, -0.2) is 42.5 Å². The summed E-state index contributed by atoms with van der Waals surface area (Å²) in [6, 6.07) is 0. The highest BCUT2D eigenvalue weighted by molar-refractivity contribution is 5.83. The Labute approximate surface area is 99.1 Å². The fourth-order valence-corrected chi connectivity index (χ4v) is 1.94. The van der Waals surface area contributed by atoms with Gasteiger partial charge < -0.3 is 4.74 Å². The first-order valence-corrected chi connectivity index (χ1v) is 6.10. The van der Waals surface area contributed by atoms with E-state index in [4.69, 9.17) is 4.74 Å². The second-order valence-electron chi connectivity index (χ2n) is 6.31. The third kappa shape index (κ3) is 4.22. The Balaban J connectivity index is 2.36. The molecule has 1 rings (SSSR count). The molecule has 16 heavy (non-hydrogen) atoms. The SMILES string of the molecule is CC1(C)CN(CCC(=O)C(C)(C)C)CCO1. The summed E-state index contributed by atoms with van der Waals surface area (Å²) in [5.41, 5.74) is -0.273. The number of morpholine rings is 1. The summed E-state index contributed by atoms with van der Waals surface area (Å²) in [5, 5.41) is 0. The molecule has 0 aromatic rings. The second-order valence-corrected chi connectivity index (χ2v) is 6.31. The average Bonchev–Trinajstić information content (AvgIpc) is 2.11. The van der Waals surface area contributed by atoms with Crippen molar-refractivity contribution in [2.24, 2.45) is 5.41 Å². The summed E-state index contributed by atoms with van der Waals surface area (Å²) in [4.78, 5) is 14.1. The number of ether oxygens (including phenoxy) is 1. The fraction of sp³-hybridized carbons (Fsp3) is 0.923. The number of hydrogen-bond donors (Lipinski definition) is 0. The lowest BCUT2D eigenvalue weighted by molar-refractivity contribution is -0.128. The molecule has 0 atom stereocenters. The summed E-state index contributed by atoms with van der Waals surface area (Å²) < 4.78 is 5.64. The maximum absolute atomic E-state index is 11.8. The van der Waals surface area contributed by atoms with Crippen LogP contribution in [-0.2, 0) is 9.53 Å². The van der Waals surface area contributed by atoms with E-state index in [1.165, 1.54) is 0 Å². The van der Waals surface area contributed by atoms with Crippen LogP contribution in [0.4, 0.5) is 0 Å². The van der Waals surface area contributed by atoms with E-state index in [0.717, 1.165) is 26.2 Å². The van der Waals surface area contributed by atoms with Crippen LogP contribution >= 0.6 is 0 Å². The van der Waals surface area contributed by atoms with Gasteiger partial charge in [0.25, 0.3) is 0 Å². The summed E-state index contributed by atoms with van der Waals surface area (Å²) in [5.74, 6) is 0.344. The van der Waals surface area contributed by atoms with Crippen molar-refractivity contribution in [1.82, 2.24) is 4.90 Å². The summed E-state index contributed by atoms with van der Waals surface area (Å²) in [6.07, 6.45) is 0.652. The number of Topliss-reactive ketones (excluding diaryl/α,β-unsaturated/α-hetero) is 1. The predicted molar refractivity (Wildman–Crippen MR) is 65.6 cm³/mol. The highest BCUT2D eigenvalue weighted by atomic mass is 16.5. The van der Waals surface area contributed by atoms with Gasteiger partial charge >= 0.3 is 0 Å². The van der Waals surface area contributed by atoms with Crippen LogP contribution in [0.15, 0.2) is 0 Å². The Morgan fingerprint density at radius 2 is 2.00 bits per heavy atom. The van der Waals surface area contributed by atoms with E-state index in [9.17, 15) is 4.79 Å². The van der Waals surface area contributed by atoms with Gasteiger partial charge in [-0.3, -0.25) is 9.69 Å². The molecule has 1 aliphatic heterocycles. The van der Waals surface area contributed by atoms with Gasteiger partial charge in [0.2, 0.25) is 0 Å². The Morgan fingerprint density at radius 1 is 1.38 bits per heavy atom. The molecule has 0 aliphatic carbocycles. The molecule has 3 heteroatoms. The maximum atomic E-state index is 11.8. The van der Waals surface area contributed by atoms with Crippen molar-refractivity contribution >= 4 is 5.78 Å². The highest BCUT2D eigenvalue weighted by Crippen LogP contribution is 2.19. The van der Waals surface area contributed by atoms with Gasteiger partial charge in [0.1, 0.15) is 5.78 Å². The molecule has 0 aromatic heterocycles. The molecule has 1 fully saturated rings. The topological polar surface area (TPSA) is 29.5 Å². The van der Waals surface area contributed by atoms with Gasteiger partial charge in [-0.05, 0) is 13.8 Å². The van der Waals surface area contributed by atoms with Crippen molar-refractivity contribution in [3.05, 3.63) is 0 Å². The van der Waals surface area contributed by atoms with Crippen molar-refractivity contribution < 1.29 is 9.53 Å². The van der Waals surface area contributed by atoms with Gasteiger partial charge in [-0.15, -0.1) is 0 Å². The Bertz CT molecular complexity index is 253. The molecule has 0 spiro atoms. The van der Waals surface area contributed by atoms with Crippen molar-refractivity contribution in [1.29, 1.82) is 0 Å². The first kappa shape index (κ1) is 13.7. The van der Waals surface area contributed by atoms with E-state index in [1.807, 2.05) is 20.8 Å². The first-order valence-electron chi connectivity index (χ1n) is 6.10. The number of carbonyl (C=O) groups is 1. The third-order valence-corrected chi connectivity index (χ3v) is 3.00. The van der Waals surface area contributed by atoms with Gasteiger partial charge in [-0.25, -0.2) is 0 Å². The van der Waals surface area contributed by atoms with Crippen LogP contribution in [0.2, 0.25) is 0 Å². The molecular weight excluding hydrogens is 202 g/mol. The van der Waals surface area contributed by atoms with E-state index in [1.54, 1.807) is 0 Å². The zero-order valence-corrected chi connectivity index (χ0v) is 11.3. The van der Waals surface area contributed by atoms with Crippen LogP contribution in [0.1, 0.15) is 41.0 Å². The van der Waals surface area contributed by atoms with E-state index in [0.29, 0.717) is 12.2 Å². The molecule has 0 N–H and O–H groups in total. The van der Waals surface area contributed by atoms with E-state index < -0.39 is 0 Å². The molecule has 1 saturated heterocycles. The van der Waals surface area contributed by atoms with Crippen molar-refractivity contribution in [2.45, 2.75) is 46.6 Å². The zero-order valence-electron chi connectivity index (χ0n) is 11.3. The van der Waals surface area contributed by atoms with Crippen LogP contribution in [0.3, 0.4) is 0 Å². The molecule has 0 saturated carbocycles. The Hall–Kier alpha value is -0.410. The molecule has 0 amide bonds. The van der Waals surface area contributed by atoms with Crippen LogP contribution in [0.25, 0.3) is 0 Å². The van der Waals surface area contributed by atoms with E-state index >= 15 is 0 Å². The molecule has 0 unspecified atom stereocenters. The number of carbonyl (C=O) groups excluding carboxylic acids is 1. The van der Waals surface area contributed by atoms with Crippen molar-refractivity contribution in [3.8, 4) is 0 Å². The van der Waals surface area contributed by atoms with Crippen molar-refractivity contribution in [2.75, 3.05) is 26.2 Å². The Morgan fingerprint density at radius 3 is 2.50 bits per heavy atom. The fourth-order valence-electron chi connectivity index (χ4n) is 1.94. The molecule has 0 radical (unpaired) electrons. The number of ketones is 1. The monoisotopic (exact) mass is 227 g/mol. The van der Waals surface area contributed by atoms with E-state index in [-0.39, 0.29) is 11.0 Å². The maximum Gasteiger partial charge on any atom is 0.139 e. The first-order chi connectivity index (χ1) is 7.21. The van der Waals surface area contributed by atoms with Crippen LogP contribution in [0, 0.1) is 5.41 Å². The average molecular weight is 227 g/mol. The standard InChI is InChI=1S/C13H25NO2/c1-12(2,3)11(15)6-7-14-8-9-16-13(4,5)10-14/h6-10H2,1-5H3. The van der Waals surface area contributed by atoms with Gasteiger partial charge in [0.15, 0.2) is 0 Å². The molecule has 94 valence electrons. The number of hydrogen-bond acceptors (Lipinski definition) is 3. The van der Waals surface area contributed by atoms with Gasteiger partial charge in [-0.2, -0.15) is 0 Å². The predicted octanol–water partition coefficient (Wildman–Crippen LogP) is 2.10.